The van der Waals surface area contributed by atoms with E-state index in [0.717, 1.165) is 44.7 Å². The molecule has 0 spiro atoms. The molecule has 1 aliphatic rings. The van der Waals surface area contributed by atoms with Gasteiger partial charge in [-0.2, -0.15) is 0 Å². The topological polar surface area (TPSA) is 64.7 Å². The molecule has 1 fully saturated rings. The summed E-state index contributed by atoms with van der Waals surface area (Å²) in [5.74, 6) is -0.218. The van der Waals surface area contributed by atoms with Gasteiger partial charge < -0.3 is 20.4 Å². The molecule has 26 heavy (non-hydrogen) atoms. The molecule has 7 heteroatoms. The highest BCUT2D eigenvalue weighted by Crippen LogP contribution is 2.19. The van der Waals surface area contributed by atoms with E-state index in [1.165, 1.54) is 6.92 Å². The Morgan fingerprint density at radius 2 is 1.81 bits per heavy atom. The number of halogens is 1. The zero-order valence-electron chi connectivity index (χ0n) is 15.6. The van der Waals surface area contributed by atoms with E-state index >= 15 is 0 Å². The highest BCUT2D eigenvalue weighted by molar-refractivity contribution is 6.30. The van der Waals surface area contributed by atoms with Crippen LogP contribution in [0.1, 0.15) is 31.4 Å². The van der Waals surface area contributed by atoms with Gasteiger partial charge >= 0.3 is 0 Å². The van der Waals surface area contributed by atoms with Crippen LogP contribution in [0.4, 0.5) is 0 Å². The van der Waals surface area contributed by atoms with Crippen molar-refractivity contribution in [3.05, 3.63) is 34.9 Å². The van der Waals surface area contributed by atoms with Crippen LogP contribution in [0.25, 0.3) is 0 Å². The summed E-state index contributed by atoms with van der Waals surface area (Å²) in [4.78, 5) is 28.5. The van der Waals surface area contributed by atoms with Crippen LogP contribution >= 0.6 is 11.6 Å². The van der Waals surface area contributed by atoms with E-state index in [4.69, 9.17) is 11.6 Å². The molecule has 0 aliphatic carbocycles. The third-order valence-electron chi connectivity index (χ3n) is 4.61. The van der Waals surface area contributed by atoms with Crippen LogP contribution < -0.4 is 10.6 Å². The van der Waals surface area contributed by atoms with Crippen LogP contribution in [0, 0.1) is 0 Å². The van der Waals surface area contributed by atoms with E-state index < -0.39 is 0 Å². The predicted molar refractivity (Wildman–Crippen MR) is 104 cm³/mol. The van der Waals surface area contributed by atoms with Crippen molar-refractivity contribution in [2.24, 2.45) is 0 Å². The first-order valence-corrected chi connectivity index (χ1v) is 9.52. The molecule has 1 aliphatic heterocycles. The lowest BCUT2D eigenvalue weighted by atomic mass is 10.0. The maximum atomic E-state index is 12.3. The van der Waals surface area contributed by atoms with E-state index in [2.05, 4.69) is 27.5 Å². The van der Waals surface area contributed by atoms with Gasteiger partial charge in [0, 0.05) is 44.7 Å². The quantitative estimate of drug-likeness (QED) is 0.673. The van der Waals surface area contributed by atoms with Gasteiger partial charge in [-0.15, -0.1) is 0 Å². The van der Waals surface area contributed by atoms with Crippen molar-refractivity contribution in [2.75, 3.05) is 46.3 Å². The molecule has 0 radical (unpaired) electrons. The predicted octanol–water partition coefficient (Wildman–Crippen LogP) is 1.66. The Labute approximate surface area is 160 Å². The zero-order chi connectivity index (χ0) is 18.9. The monoisotopic (exact) mass is 380 g/mol. The Balaban J connectivity index is 1.74. The molecule has 1 heterocycles. The van der Waals surface area contributed by atoms with Gasteiger partial charge in [-0.25, -0.2) is 0 Å². The molecule has 1 atom stereocenters. The Morgan fingerprint density at radius 3 is 2.42 bits per heavy atom. The summed E-state index contributed by atoms with van der Waals surface area (Å²) in [6.45, 7) is 7.49. The molecule has 1 aromatic carbocycles. The molecular formula is C19H29ClN4O2. The normalized spacial score (nSPS) is 16.9. The summed E-state index contributed by atoms with van der Waals surface area (Å²) in [6, 6.07) is 6.86. The van der Waals surface area contributed by atoms with Crippen LogP contribution in [0.2, 0.25) is 5.02 Å². The summed E-state index contributed by atoms with van der Waals surface area (Å²) in [5, 5.41) is 6.43. The molecule has 6 nitrogen and oxygen atoms in total. The number of carbonyl (C=O) groups is 2. The number of hydrogen-bond acceptors (Lipinski definition) is 4. The van der Waals surface area contributed by atoms with Crippen LogP contribution in [0.3, 0.4) is 0 Å². The van der Waals surface area contributed by atoms with Crippen molar-refractivity contribution < 1.29 is 9.59 Å². The maximum absolute atomic E-state index is 12.3. The number of benzene rings is 1. The summed E-state index contributed by atoms with van der Waals surface area (Å²) >= 11 is 5.91. The fraction of sp³-hybridized carbons (Fsp3) is 0.579. The average Bonchev–Trinajstić information content (AvgIpc) is 2.60. The Hall–Kier alpha value is -1.63. The van der Waals surface area contributed by atoms with Crippen LogP contribution in [-0.4, -0.2) is 67.9 Å². The van der Waals surface area contributed by atoms with Crippen LogP contribution in [0.15, 0.2) is 24.3 Å². The second-order valence-electron chi connectivity index (χ2n) is 6.86. The van der Waals surface area contributed by atoms with Crippen molar-refractivity contribution in [2.45, 2.75) is 25.8 Å². The molecule has 1 unspecified atom stereocenters. The van der Waals surface area contributed by atoms with Crippen LogP contribution in [0.5, 0.6) is 0 Å². The number of carbonyl (C=O) groups excluding carboxylic acids is 2. The van der Waals surface area contributed by atoms with Gasteiger partial charge in [0.2, 0.25) is 11.8 Å². The highest BCUT2D eigenvalue weighted by atomic mass is 35.5. The van der Waals surface area contributed by atoms with Crippen molar-refractivity contribution >= 4 is 23.4 Å². The van der Waals surface area contributed by atoms with Crippen LogP contribution in [-0.2, 0) is 9.59 Å². The number of amides is 2. The molecule has 2 rings (SSSR count). The second-order valence-corrected chi connectivity index (χ2v) is 7.29. The van der Waals surface area contributed by atoms with E-state index in [1.807, 2.05) is 12.1 Å². The van der Waals surface area contributed by atoms with Crippen molar-refractivity contribution in [3.63, 3.8) is 0 Å². The third-order valence-corrected chi connectivity index (χ3v) is 4.86. The first-order chi connectivity index (χ1) is 12.4. The first-order valence-electron chi connectivity index (χ1n) is 9.14. The Kier molecular flexibility index (Phi) is 8.35. The molecule has 2 amide bonds. The largest absolute Gasteiger partial charge is 0.356 e. The minimum absolute atomic E-state index is 0.0583. The third kappa shape index (κ3) is 7.32. The SMILES string of the molecule is CC(=O)NC(CC(=O)NCCCN1CCN(C)CC1)c1ccc(Cl)cc1. The number of likely N-dealkylation sites (N-methyl/N-ethyl adjacent to an activating group) is 1. The molecule has 1 saturated heterocycles. The highest BCUT2D eigenvalue weighted by Gasteiger charge is 2.17. The number of hydrogen-bond donors (Lipinski definition) is 2. The lowest BCUT2D eigenvalue weighted by Gasteiger charge is -2.32. The number of piperazine rings is 1. The number of rotatable bonds is 8. The Morgan fingerprint density at radius 1 is 1.15 bits per heavy atom. The molecular weight excluding hydrogens is 352 g/mol. The second kappa shape index (κ2) is 10.5. The molecule has 1 aromatic rings. The summed E-state index contributed by atoms with van der Waals surface area (Å²) in [5.41, 5.74) is 0.872. The minimum atomic E-state index is -0.345. The molecule has 144 valence electrons. The van der Waals surface area contributed by atoms with Gasteiger partial charge in [0.15, 0.2) is 0 Å². The standard InChI is InChI=1S/C19H29ClN4O2/c1-15(25)22-18(16-4-6-17(20)7-5-16)14-19(26)21-8-3-9-24-12-10-23(2)11-13-24/h4-7,18H,3,8-14H2,1-2H3,(H,21,26)(H,22,25). The van der Waals surface area contributed by atoms with Gasteiger partial charge in [-0.1, -0.05) is 23.7 Å². The molecule has 0 saturated carbocycles. The minimum Gasteiger partial charge on any atom is -0.356 e. The Bertz CT molecular complexity index is 586. The fourth-order valence-electron chi connectivity index (χ4n) is 3.05. The molecule has 0 bridgehead atoms. The summed E-state index contributed by atoms with van der Waals surface area (Å²) in [6.07, 6.45) is 1.15. The summed E-state index contributed by atoms with van der Waals surface area (Å²) < 4.78 is 0. The van der Waals surface area contributed by atoms with Gasteiger partial charge in [-0.3, -0.25) is 9.59 Å². The lowest BCUT2D eigenvalue weighted by molar-refractivity contribution is -0.122. The zero-order valence-corrected chi connectivity index (χ0v) is 16.4. The van der Waals surface area contributed by atoms with Gasteiger partial charge in [0.25, 0.3) is 0 Å². The van der Waals surface area contributed by atoms with E-state index in [-0.39, 0.29) is 24.3 Å². The lowest BCUT2D eigenvalue weighted by Crippen LogP contribution is -2.45. The van der Waals surface area contributed by atoms with Gasteiger partial charge in [0.05, 0.1) is 12.5 Å². The summed E-state index contributed by atoms with van der Waals surface area (Å²) in [7, 11) is 2.14. The van der Waals surface area contributed by atoms with Crippen molar-refractivity contribution in [1.29, 1.82) is 0 Å². The number of nitrogens with zero attached hydrogens (tertiary/aromatic N) is 2. The number of nitrogens with one attached hydrogen (secondary N) is 2. The fourth-order valence-corrected chi connectivity index (χ4v) is 3.18. The van der Waals surface area contributed by atoms with E-state index in [9.17, 15) is 9.59 Å². The van der Waals surface area contributed by atoms with E-state index in [1.54, 1.807) is 12.1 Å². The van der Waals surface area contributed by atoms with Gasteiger partial charge in [0.1, 0.15) is 0 Å². The molecule has 0 aromatic heterocycles. The maximum Gasteiger partial charge on any atom is 0.222 e. The molecule has 2 N–H and O–H groups in total. The first kappa shape index (κ1) is 20.7. The van der Waals surface area contributed by atoms with E-state index in [0.29, 0.717) is 11.6 Å². The van der Waals surface area contributed by atoms with Gasteiger partial charge in [-0.05, 0) is 37.7 Å². The average molecular weight is 381 g/mol. The smallest absolute Gasteiger partial charge is 0.222 e. The van der Waals surface area contributed by atoms with Crippen molar-refractivity contribution in [3.8, 4) is 0 Å². The van der Waals surface area contributed by atoms with Crippen molar-refractivity contribution in [1.82, 2.24) is 20.4 Å².